The highest BCUT2D eigenvalue weighted by Crippen LogP contribution is 2.16. The monoisotopic (exact) mass is 189 g/mol. The Morgan fingerprint density at radius 3 is 3.00 bits per heavy atom. The van der Waals surface area contributed by atoms with E-state index >= 15 is 0 Å². The van der Waals surface area contributed by atoms with Crippen LogP contribution in [0, 0.1) is 0 Å². The Labute approximate surface area is 62.4 Å². The zero-order valence-electron chi connectivity index (χ0n) is 5.22. The molecule has 0 aliphatic rings. The van der Waals surface area contributed by atoms with E-state index in [4.69, 9.17) is 4.52 Å². The highest BCUT2D eigenvalue weighted by molar-refractivity contribution is 9.10. The highest BCUT2D eigenvalue weighted by Gasteiger charge is 2.00. The maximum Gasteiger partial charge on any atom is 0.205 e. The van der Waals surface area contributed by atoms with Crippen molar-refractivity contribution in [1.29, 1.82) is 0 Å². The van der Waals surface area contributed by atoms with Crippen LogP contribution < -0.4 is 0 Å². The maximum absolute atomic E-state index is 4.78. The minimum atomic E-state index is 0.768. The molecule has 1 rings (SSSR count). The molecule has 1 aromatic rings. The smallest absolute Gasteiger partial charge is 0.205 e. The molecule has 0 aromatic carbocycles. The van der Waals surface area contributed by atoms with Gasteiger partial charge in [-0.25, -0.2) is 0 Å². The molecule has 0 radical (unpaired) electrons. The second-order valence-corrected chi connectivity index (χ2v) is 2.59. The normalized spacial score (nSPS) is 10.0. The van der Waals surface area contributed by atoms with Crippen LogP contribution in [-0.4, -0.2) is 5.16 Å². The van der Waals surface area contributed by atoms with E-state index in [-0.39, 0.29) is 0 Å². The molecule has 0 fully saturated rings. The molecule has 0 aliphatic carbocycles. The predicted octanol–water partition coefficient (Wildman–Crippen LogP) is 2.39. The third-order valence-corrected chi connectivity index (χ3v) is 1.77. The summed E-state index contributed by atoms with van der Waals surface area (Å²) in [6.45, 7) is 2.12. The van der Waals surface area contributed by atoms with Crippen LogP contribution >= 0.6 is 15.9 Å². The van der Waals surface area contributed by atoms with Crippen molar-refractivity contribution in [2.24, 2.45) is 0 Å². The molecule has 0 spiro atoms. The van der Waals surface area contributed by atoms with E-state index in [0.29, 0.717) is 0 Å². The summed E-state index contributed by atoms with van der Waals surface area (Å²) in [4.78, 5) is 0. The van der Waals surface area contributed by atoms with Crippen molar-refractivity contribution in [2.45, 2.75) is 19.8 Å². The number of aromatic nitrogens is 1. The molecule has 9 heavy (non-hydrogen) atoms. The molecular weight excluding hydrogens is 182 g/mol. The lowest BCUT2D eigenvalue weighted by Crippen LogP contribution is -1.77. The first-order valence-electron chi connectivity index (χ1n) is 2.93. The second kappa shape index (κ2) is 3.01. The Kier molecular flexibility index (Phi) is 2.28. The summed E-state index contributed by atoms with van der Waals surface area (Å²) in [5, 5.41) is 3.62. The summed E-state index contributed by atoms with van der Waals surface area (Å²) in [7, 11) is 0. The van der Waals surface area contributed by atoms with Crippen molar-refractivity contribution in [3.8, 4) is 0 Å². The van der Waals surface area contributed by atoms with Crippen molar-refractivity contribution in [1.82, 2.24) is 5.16 Å². The molecule has 2 nitrogen and oxygen atoms in total. The van der Waals surface area contributed by atoms with Gasteiger partial charge in [0.1, 0.15) is 0 Å². The highest BCUT2D eigenvalue weighted by atomic mass is 79.9. The van der Waals surface area contributed by atoms with Gasteiger partial charge in [-0.3, -0.25) is 0 Å². The van der Waals surface area contributed by atoms with Crippen molar-refractivity contribution >= 4 is 15.9 Å². The van der Waals surface area contributed by atoms with E-state index < -0.39 is 0 Å². The van der Waals surface area contributed by atoms with Gasteiger partial charge in [0.25, 0.3) is 0 Å². The molecule has 0 unspecified atom stereocenters. The first-order valence-corrected chi connectivity index (χ1v) is 3.73. The number of nitrogens with zero attached hydrogens (tertiary/aromatic N) is 1. The van der Waals surface area contributed by atoms with Gasteiger partial charge in [-0.15, -0.1) is 0 Å². The van der Waals surface area contributed by atoms with Crippen molar-refractivity contribution < 1.29 is 4.52 Å². The van der Waals surface area contributed by atoms with Gasteiger partial charge in [0.2, 0.25) is 4.67 Å². The molecule has 0 N–H and O–H groups in total. The number of hydrogen-bond donors (Lipinski definition) is 0. The number of hydrogen-bond acceptors (Lipinski definition) is 2. The van der Waals surface area contributed by atoms with Gasteiger partial charge in [0, 0.05) is 5.56 Å². The molecular formula is C6H8BrNO. The minimum absolute atomic E-state index is 0.768. The van der Waals surface area contributed by atoms with E-state index in [0.717, 1.165) is 23.1 Å². The molecule has 50 valence electrons. The Hall–Kier alpha value is -0.310. The van der Waals surface area contributed by atoms with Crippen LogP contribution in [0.1, 0.15) is 18.9 Å². The average Bonchev–Trinajstić information content (AvgIpc) is 2.18. The number of aryl methyl sites for hydroxylation is 1. The van der Waals surface area contributed by atoms with E-state index in [2.05, 4.69) is 28.0 Å². The Morgan fingerprint density at radius 2 is 2.56 bits per heavy atom. The quantitative estimate of drug-likeness (QED) is 0.715. The third-order valence-electron chi connectivity index (χ3n) is 1.11. The topological polar surface area (TPSA) is 26.0 Å². The largest absolute Gasteiger partial charge is 0.349 e. The predicted molar refractivity (Wildman–Crippen MR) is 38.2 cm³/mol. The van der Waals surface area contributed by atoms with Crippen molar-refractivity contribution in [2.75, 3.05) is 0 Å². The van der Waals surface area contributed by atoms with E-state index in [1.165, 1.54) is 0 Å². The standard InChI is InChI=1S/C6H8BrNO/c1-2-3-5-4-8-9-6(5)7/h4H,2-3H2,1H3. The van der Waals surface area contributed by atoms with Gasteiger partial charge in [0.05, 0.1) is 6.20 Å². The summed E-state index contributed by atoms with van der Waals surface area (Å²) in [5.74, 6) is 0. The maximum atomic E-state index is 4.78. The van der Waals surface area contributed by atoms with Gasteiger partial charge in [-0.2, -0.15) is 0 Å². The lowest BCUT2D eigenvalue weighted by atomic mass is 10.2. The molecule has 3 heteroatoms. The third kappa shape index (κ3) is 1.55. The lowest BCUT2D eigenvalue weighted by Gasteiger charge is -1.87. The minimum Gasteiger partial charge on any atom is -0.349 e. The van der Waals surface area contributed by atoms with E-state index in [1.54, 1.807) is 6.20 Å². The van der Waals surface area contributed by atoms with Crippen LogP contribution in [-0.2, 0) is 6.42 Å². The summed E-state index contributed by atoms with van der Waals surface area (Å²) in [6.07, 6.45) is 3.90. The van der Waals surface area contributed by atoms with Gasteiger partial charge >= 0.3 is 0 Å². The fourth-order valence-corrected chi connectivity index (χ4v) is 1.06. The van der Waals surface area contributed by atoms with E-state index in [9.17, 15) is 0 Å². The fourth-order valence-electron chi connectivity index (χ4n) is 0.678. The van der Waals surface area contributed by atoms with Crippen LogP contribution in [0.15, 0.2) is 15.4 Å². The zero-order chi connectivity index (χ0) is 6.69. The van der Waals surface area contributed by atoms with Gasteiger partial charge in [-0.05, 0) is 22.4 Å². The van der Waals surface area contributed by atoms with Crippen LogP contribution in [0.2, 0.25) is 0 Å². The Bertz CT molecular complexity index is 185. The van der Waals surface area contributed by atoms with E-state index in [1.807, 2.05) is 0 Å². The van der Waals surface area contributed by atoms with Crippen molar-refractivity contribution in [3.63, 3.8) is 0 Å². The molecule has 0 aliphatic heterocycles. The molecule has 1 aromatic heterocycles. The summed E-state index contributed by atoms with van der Waals surface area (Å²) < 4.78 is 5.55. The summed E-state index contributed by atoms with van der Waals surface area (Å²) >= 11 is 3.24. The molecule has 1 heterocycles. The SMILES string of the molecule is CCCc1cnoc1Br. The van der Waals surface area contributed by atoms with Gasteiger partial charge in [0.15, 0.2) is 0 Å². The number of halogens is 1. The Balaban J connectivity index is 2.69. The lowest BCUT2D eigenvalue weighted by molar-refractivity contribution is 0.399. The Morgan fingerprint density at radius 1 is 1.78 bits per heavy atom. The average molecular weight is 190 g/mol. The summed E-state index contributed by atoms with van der Waals surface area (Å²) in [6, 6.07) is 0. The molecule has 0 saturated carbocycles. The first kappa shape index (κ1) is 6.81. The van der Waals surface area contributed by atoms with Crippen LogP contribution in [0.25, 0.3) is 0 Å². The van der Waals surface area contributed by atoms with Gasteiger partial charge in [-0.1, -0.05) is 18.5 Å². The fraction of sp³-hybridized carbons (Fsp3) is 0.500. The molecule has 0 saturated heterocycles. The number of rotatable bonds is 2. The molecule has 0 amide bonds. The second-order valence-electron chi connectivity index (χ2n) is 1.87. The molecule has 0 atom stereocenters. The summed E-state index contributed by atoms with van der Waals surface area (Å²) in [5.41, 5.74) is 1.15. The van der Waals surface area contributed by atoms with Crippen LogP contribution in [0.5, 0.6) is 0 Å². The molecule has 0 bridgehead atoms. The van der Waals surface area contributed by atoms with Crippen molar-refractivity contribution in [3.05, 3.63) is 16.4 Å². The zero-order valence-corrected chi connectivity index (χ0v) is 6.81. The van der Waals surface area contributed by atoms with Gasteiger partial charge < -0.3 is 4.52 Å². The van der Waals surface area contributed by atoms with Crippen LogP contribution in [0.3, 0.4) is 0 Å². The first-order chi connectivity index (χ1) is 4.34. The van der Waals surface area contributed by atoms with Crippen LogP contribution in [0.4, 0.5) is 0 Å².